The van der Waals surface area contributed by atoms with E-state index in [9.17, 15) is 14.4 Å². The molecule has 1 fully saturated rings. The molecule has 3 rings (SSSR count). The van der Waals surface area contributed by atoms with E-state index in [-0.39, 0.29) is 24.3 Å². The Hall–Kier alpha value is -3.35. The van der Waals surface area contributed by atoms with Gasteiger partial charge in [0.05, 0.1) is 6.54 Å². The molecule has 1 saturated heterocycles. The van der Waals surface area contributed by atoms with Gasteiger partial charge in [-0.05, 0) is 42.5 Å². The summed E-state index contributed by atoms with van der Waals surface area (Å²) >= 11 is 0. The van der Waals surface area contributed by atoms with Gasteiger partial charge in [-0.3, -0.25) is 14.5 Å². The van der Waals surface area contributed by atoms with Crippen LogP contribution in [0.15, 0.2) is 48.5 Å². The maximum Gasteiger partial charge on any atom is 0.411 e. The third-order valence-corrected chi connectivity index (χ3v) is 5.49. The van der Waals surface area contributed by atoms with Crippen LogP contribution in [0.5, 0.6) is 0 Å². The highest BCUT2D eigenvalue weighted by atomic mass is 16.6. The van der Waals surface area contributed by atoms with Crippen LogP contribution in [-0.2, 0) is 20.9 Å². The van der Waals surface area contributed by atoms with Crippen molar-refractivity contribution < 1.29 is 19.1 Å². The fourth-order valence-electron chi connectivity index (χ4n) is 3.75. The van der Waals surface area contributed by atoms with Gasteiger partial charge in [-0.1, -0.05) is 62.7 Å². The molecule has 0 bridgehead atoms. The van der Waals surface area contributed by atoms with Crippen molar-refractivity contribution in [2.45, 2.75) is 59.2 Å². The molecule has 0 saturated carbocycles. The number of nitrogens with one attached hydrogen (secondary N) is 2. The molecule has 33 heavy (non-hydrogen) atoms. The molecule has 0 aliphatic carbocycles. The second-order valence-corrected chi connectivity index (χ2v) is 8.93. The summed E-state index contributed by atoms with van der Waals surface area (Å²) in [5.74, 6) is -0.0644. The van der Waals surface area contributed by atoms with Gasteiger partial charge in [0.15, 0.2) is 12.1 Å². The van der Waals surface area contributed by atoms with Crippen LogP contribution >= 0.6 is 0 Å². The van der Waals surface area contributed by atoms with Gasteiger partial charge in [0, 0.05) is 18.7 Å². The Labute approximate surface area is 195 Å². The lowest BCUT2D eigenvalue weighted by Crippen LogP contribution is -2.47. The largest absolute Gasteiger partial charge is 0.438 e. The SMILES string of the molecule is CCCC(=O)Nc1cccc(C2OC(=O)N(Cc3ccc(C)cc3)C2C(=O)NCC(C)C)c1. The summed E-state index contributed by atoms with van der Waals surface area (Å²) in [6.45, 7) is 8.74. The van der Waals surface area contributed by atoms with E-state index in [4.69, 9.17) is 4.74 Å². The zero-order valence-electron chi connectivity index (χ0n) is 19.8. The van der Waals surface area contributed by atoms with Crippen LogP contribution in [0.4, 0.5) is 10.5 Å². The monoisotopic (exact) mass is 451 g/mol. The highest BCUT2D eigenvalue weighted by Crippen LogP contribution is 2.35. The van der Waals surface area contributed by atoms with Gasteiger partial charge < -0.3 is 15.4 Å². The highest BCUT2D eigenvalue weighted by Gasteiger charge is 2.47. The van der Waals surface area contributed by atoms with Gasteiger partial charge in [-0.15, -0.1) is 0 Å². The summed E-state index contributed by atoms with van der Waals surface area (Å²) in [6, 6.07) is 14.2. The molecule has 2 aromatic carbocycles. The Morgan fingerprint density at radius 2 is 1.85 bits per heavy atom. The normalized spacial score (nSPS) is 17.7. The highest BCUT2D eigenvalue weighted by molar-refractivity contribution is 5.91. The number of amides is 3. The predicted octanol–water partition coefficient (Wildman–Crippen LogP) is 4.57. The molecule has 1 aliphatic rings. The zero-order chi connectivity index (χ0) is 24.0. The lowest BCUT2D eigenvalue weighted by Gasteiger charge is -2.25. The van der Waals surface area contributed by atoms with E-state index >= 15 is 0 Å². The number of carbonyl (C=O) groups excluding carboxylic acids is 3. The summed E-state index contributed by atoms with van der Waals surface area (Å²) in [7, 11) is 0. The van der Waals surface area contributed by atoms with Crippen LogP contribution in [0, 0.1) is 12.8 Å². The smallest absolute Gasteiger partial charge is 0.411 e. The first-order chi connectivity index (χ1) is 15.8. The summed E-state index contributed by atoms with van der Waals surface area (Å²) in [6.07, 6.45) is -0.144. The van der Waals surface area contributed by atoms with Crippen molar-refractivity contribution >= 4 is 23.6 Å². The summed E-state index contributed by atoms with van der Waals surface area (Å²) < 4.78 is 5.72. The molecule has 1 aliphatic heterocycles. The van der Waals surface area contributed by atoms with Crippen molar-refractivity contribution in [1.29, 1.82) is 0 Å². The number of anilines is 1. The van der Waals surface area contributed by atoms with Gasteiger partial charge in [-0.25, -0.2) is 4.79 Å². The number of hydrogen-bond acceptors (Lipinski definition) is 4. The maximum atomic E-state index is 13.2. The summed E-state index contributed by atoms with van der Waals surface area (Å²) in [5, 5.41) is 5.82. The molecule has 0 spiro atoms. The van der Waals surface area contributed by atoms with Crippen molar-refractivity contribution in [2.24, 2.45) is 5.92 Å². The van der Waals surface area contributed by atoms with Crippen molar-refractivity contribution in [3.63, 3.8) is 0 Å². The first kappa shape index (κ1) is 24.3. The molecule has 2 N–H and O–H groups in total. The molecule has 7 nitrogen and oxygen atoms in total. The van der Waals surface area contributed by atoms with E-state index in [1.807, 2.05) is 58.0 Å². The van der Waals surface area contributed by atoms with Gasteiger partial charge >= 0.3 is 6.09 Å². The van der Waals surface area contributed by atoms with Gasteiger partial charge in [0.2, 0.25) is 11.8 Å². The number of cyclic esters (lactones) is 1. The third-order valence-electron chi connectivity index (χ3n) is 5.49. The molecular weight excluding hydrogens is 418 g/mol. The number of nitrogens with zero attached hydrogens (tertiary/aromatic N) is 1. The second kappa shape index (κ2) is 11.0. The number of aryl methyl sites for hydroxylation is 1. The van der Waals surface area contributed by atoms with Crippen LogP contribution in [-0.4, -0.2) is 35.4 Å². The molecule has 2 atom stereocenters. The lowest BCUT2D eigenvalue weighted by molar-refractivity contribution is -0.126. The van der Waals surface area contributed by atoms with Crippen LogP contribution in [0.25, 0.3) is 0 Å². The Morgan fingerprint density at radius 1 is 1.12 bits per heavy atom. The molecule has 0 radical (unpaired) electrons. The lowest BCUT2D eigenvalue weighted by atomic mass is 9.99. The van der Waals surface area contributed by atoms with Gasteiger partial charge in [0.1, 0.15) is 0 Å². The quantitative estimate of drug-likeness (QED) is 0.585. The van der Waals surface area contributed by atoms with Gasteiger partial charge in [-0.2, -0.15) is 0 Å². The fraction of sp³-hybridized carbons (Fsp3) is 0.423. The van der Waals surface area contributed by atoms with E-state index in [0.717, 1.165) is 17.5 Å². The van der Waals surface area contributed by atoms with Crippen LogP contribution < -0.4 is 10.6 Å². The predicted molar refractivity (Wildman–Crippen MR) is 128 cm³/mol. The molecule has 0 aromatic heterocycles. The van der Waals surface area contributed by atoms with E-state index < -0.39 is 18.2 Å². The second-order valence-electron chi connectivity index (χ2n) is 8.93. The third kappa shape index (κ3) is 6.34. The van der Waals surface area contributed by atoms with Crippen LogP contribution in [0.1, 0.15) is 56.4 Å². The average molecular weight is 452 g/mol. The Kier molecular flexibility index (Phi) is 8.09. The van der Waals surface area contributed by atoms with E-state index in [1.165, 1.54) is 4.90 Å². The number of rotatable bonds is 9. The van der Waals surface area contributed by atoms with Crippen molar-refractivity contribution in [3.05, 3.63) is 65.2 Å². The Bertz CT molecular complexity index is 987. The number of ether oxygens (including phenoxy) is 1. The number of carbonyl (C=O) groups is 3. The van der Waals surface area contributed by atoms with Crippen molar-refractivity contribution in [2.75, 3.05) is 11.9 Å². The number of hydrogen-bond donors (Lipinski definition) is 2. The standard InChI is InChI=1S/C26H33N3O4/c1-5-7-22(30)28-21-9-6-8-20(14-21)24-23(25(31)27-15-17(2)3)29(26(32)33-24)16-19-12-10-18(4)11-13-19/h6,8-14,17,23-24H,5,7,15-16H2,1-4H3,(H,27,31)(H,28,30). The van der Waals surface area contributed by atoms with Gasteiger partial charge in [0.25, 0.3) is 0 Å². The Morgan fingerprint density at radius 3 is 2.52 bits per heavy atom. The minimum absolute atomic E-state index is 0.0784. The minimum Gasteiger partial charge on any atom is -0.438 e. The van der Waals surface area contributed by atoms with E-state index in [1.54, 1.807) is 18.2 Å². The van der Waals surface area contributed by atoms with Crippen LogP contribution in [0.3, 0.4) is 0 Å². The van der Waals surface area contributed by atoms with E-state index in [0.29, 0.717) is 24.2 Å². The summed E-state index contributed by atoms with van der Waals surface area (Å²) in [4.78, 5) is 39.6. The molecule has 2 unspecified atom stereocenters. The zero-order valence-corrected chi connectivity index (χ0v) is 19.8. The fourth-order valence-corrected chi connectivity index (χ4v) is 3.75. The number of benzene rings is 2. The maximum absolute atomic E-state index is 13.2. The van der Waals surface area contributed by atoms with Crippen LogP contribution in [0.2, 0.25) is 0 Å². The average Bonchev–Trinajstić information content (AvgIpc) is 3.10. The van der Waals surface area contributed by atoms with Crippen molar-refractivity contribution in [1.82, 2.24) is 10.2 Å². The van der Waals surface area contributed by atoms with Crippen molar-refractivity contribution in [3.8, 4) is 0 Å². The minimum atomic E-state index is -0.820. The molecule has 1 heterocycles. The molecule has 176 valence electrons. The first-order valence-electron chi connectivity index (χ1n) is 11.5. The molecular formula is C26H33N3O4. The molecule has 3 amide bonds. The summed E-state index contributed by atoms with van der Waals surface area (Å²) in [5.41, 5.74) is 3.31. The molecule has 7 heteroatoms. The first-order valence-corrected chi connectivity index (χ1v) is 11.5. The van der Waals surface area contributed by atoms with E-state index in [2.05, 4.69) is 10.6 Å². The Balaban J connectivity index is 1.89. The topological polar surface area (TPSA) is 87.7 Å². The molecule has 2 aromatic rings.